The molecule has 0 unspecified atom stereocenters. The Balaban J connectivity index is 2.68. The highest BCUT2D eigenvalue weighted by atomic mass is 35.5. The molecule has 0 saturated carbocycles. The number of pyridine rings is 1. The summed E-state index contributed by atoms with van der Waals surface area (Å²) >= 11 is 5.99. The minimum absolute atomic E-state index is 0.0353. The molecule has 0 saturated heterocycles. The molecule has 31 heavy (non-hydrogen) atoms. The molecule has 12 heteroatoms. The third-order valence-corrected chi connectivity index (χ3v) is 4.67. The van der Waals surface area contributed by atoms with Crippen LogP contribution >= 0.6 is 11.6 Å². The van der Waals surface area contributed by atoms with Crippen molar-refractivity contribution >= 4 is 23.6 Å². The number of fused-ring (bicyclic) bond motifs is 1. The molecule has 0 spiro atoms. The molecule has 8 nitrogen and oxygen atoms in total. The van der Waals surface area contributed by atoms with E-state index in [1.165, 1.54) is 0 Å². The fourth-order valence-corrected chi connectivity index (χ4v) is 2.91. The molecular formula is C19H25ClF3N3O5. The van der Waals surface area contributed by atoms with E-state index >= 15 is 0 Å². The van der Waals surface area contributed by atoms with E-state index in [0.29, 0.717) is 17.7 Å². The molecule has 0 aliphatic carbocycles. The zero-order valence-corrected chi connectivity index (χ0v) is 18.6. The molecule has 0 fully saturated rings. The van der Waals surface area contributed by atoms with Crippen LogP contribution in [0.1, 0.15) is 57.9 Å². The highest BCUT2D eigenvalue weighted by Crippen LogP contribution is 2.31. The standard InChI is InChI=1S/C19H25ClF3N3O5/c1-6-7-8-30-15-13-16(28)24(11(2)19(21,22)23)10-26(17(29)31-18(3,4)5)25(13)9-12(20)14(15)27/h9,11H,6-8,10H2,1-5H3/t11-/m1/s1. The van der Waals surface area contributed by atoms with Gasteiger partial charge >= 0.3 is 12.3 Å². The maximum absolute atomic E-state index is 13.4. The summed E-state index contributed by atoms with van der Waals surface area (Å²) in [5.74, 6) is -1.64. The van der Waals surface area contributed by atoms with Crippen LogP contribution in [-0.4, -0.2) is 52.7 Å². The van der Waals surface area contributed by atoms with Gasteiger partial charge in [-0.25, -0.2) is 9.47 Å². The largest absolute Gasteiger partial charge is 0.487 e. The number of alkyl halides is 3. The lowest BCUT2D eigenvalue weighted by atomic mass is 10.2. The SMILES string of the molecule is CCCCOc1c2n(cc(Cl)c1=O)N(C(=O)OC(C)(C)C)CN([C@H](C)C(F)(F)F)C2=O. The van der Waals surface area contributed by atoms with Gasteiger partial charge in [-0.3, -0.25) is 9.59 Å². The normalized spacial score (nSPS) is 15.6. The van der Waals surface area contributed by atoms with Crippen molar-refractivity contribution in [3.05, 3.63) is 27.1 Å². The van der Waals surface area contributed by atoms with Crippen molar-refractivity contribution in [3.63, 3.8) is 0 Å². The number of halogens is 4. The molecule has 2 heterocycles. The summed E-state index contributed by atoms with van der Waals surface area (Å²) in [5.41, 5.74) is -2.36. The summed E-state index contributed by atoms with van der Waals surface area (Å²) in [4.78, 5) is 38.8. The zero-order valence-electron chi connectivity index (χ0n) is 17.9. The Kier molecular flexibility index (Phi) is 7.19. The third kappa shape index (κ3) is 5.44. The molecule has 2 rings (SSSR count). The van der Waals surface area contributed by atoms with Gasteiger partial charge in [-0.2, -0.15) is 18.2 Å². The number of aromatic nitrogens is 1. The maximum atomic E-state index is 13.4. The molecule has 174 valence electrons. The van der Waals surface area contributed by atoms with Crippen molar-refractivity contribution < 1.29 is 32.2 Å². The molecule has 1 aliphatic rings. The van der Waals surface area contributed by atoms with Gasteiger partial charge < -0.3 is 14.4 Å². The second-order valence-electron chi connectivity index (χ2n) is 8.04. The molecule has 1 aromatic rings. The van der Waals surface area contributed by atoms with Gasteiger partial charge in [-0.05, 0) is 34.1 Å². The number of carbonyl (C=O) groups excluding carboxylic acids is 2. The van der Waals surface area contributed by atoms with Crippen molar-refractivity contribution in [1.82, 2.24) is 9.58 Å². The van der Waals surface area contributed by atoms with E-state index in [-0.39, 0.29) is 11.6 Å². The molecule has 0 aromatic carbocycles. The number of rotatable bonds is 5. The number of hydrogen-bond donors (Lipinski definition) is 0. The van der Waals surface area contributed by atoms with Gasteiger partial charge in [0.15, 0.2) is 11.4 Å². The molecule has 2 amide bonds. The van der Waals surface area contributed by atoms with Crippen LogP contribution in [0.3, 0.4) is 0 Å². The van der Waals surface area contributed by atoms with Gasteiger partial charge in [0.05, 0.1) is 12.8 Å². The summed E-state index contributed by atoms with van der Waals surface area (Å²) in [6, 6.07) is -2.24. The van der Waals surface area contributed by atoms with Crippen LogP contribution in [0.4, 0.5) is 18.0 Å². The topological polar surface area (TPSA) is 81.1 Å². The van der Waals surface area contributed by atoms with E-state index in [4.69, 9.17) is 21.1 Å². The Labute approximate surface area is 182 Å². The first kappa shape index (κ1) is 24.8. The first-order valence-corrected chi connectivity index (χ1v) is 10.0. The fraction of sp³-hybridized carbons (Fsp3) is 0.632. The van der Waals surface area contributed by atoms with Crippen LogP contribution < -0.4 is 15.2 Å². The molecule has 1 aromatic heterocycles. The second-order valence-corrected chi connectivity index (χ2v) is 8.45. The number of nitrogens with zero attached hydrogens (tertiary/aromatic N) is 3. The summed E-state index contributed by atoms with van der Waals surface area (Å²) in [5, 5.41) is 0.399. The maximum Gasteiger partial charge on any atom is 0.431 e. The van der Waals surface area contributed by atoms with E-state index < -0.39 is 53.4 Å². The number of unbranched alkanes of at least 4 members (excludes halogenated alkanes) is 1. The van der Waals surface area contributed by atoms with Crippen LogP contribution in [-0.2, 0) is 4.74 Å². The average molecular weight is 468 g/mol. The molecule has 0 radical (unpaired) electrons. The Hall–Kier alpha value is -2.43. The van der Waals surface area contributed by atoms with E-state index in [1.807, 2.05) is 6.92 Å². The van der Waals surface area contributed by atoms with E-state index in [2.05, 4.69) is 0 Å². The predicted molar refractivity (Wildman–Crippen MR) is 107 cm³/mol. The van der Waals surface area contributed by atoms with Gasteiger partial charge in [0.25, 0.3) is 5.91 Å². The summed E-state index contributed by atoms with van der Waals surface area (Å²) in [6.45, 7) is 6.65. The van der Waals surface area contributed by atoms with Crippen molar-refractivity contribution in [2.45, 2.75) is 65.3 Å². The zero-order chi connectivity index (χ0) is 23.7. The highest BCUT2D eigenvalue weighted by Gasteiger charge is 2.47. The molecule has 1 atom stereocenters. The van der Waals surface area contributed by atoms with Crippen LogP contribution in [0.15, 0.2) is 11.0 Å². The Bertz CT molecular complexity index is 911. The third-order valence-electron chi connectivity index (χ3n) is 4.40. The van der Waals surface area contributed by atoms with Crippen LogP contribution in [0, 0.1) is 0 Å². The number of amides is 2. The second kappa shape index (κ2) is 8.97. The Morgan fingerprint density at radius 3 is 2.39 bits per heavy atom. The molecule has 1 aliphatic heterocycles. The van der Waals surface area contributed by atoms with Gasteiger partial charge in [0, 0.05) is 0 Å². The Morgan fingerprint density at radius 1 is 1.26 bits per heavy atom. The van der Waals surface area contributed by atoms with E-state index in [1.54, 1.807) is 20.8 Å². The quantitative estimate of drug-likeness (QED) is 0.613. The van der Waals surface area contributed by atoms with Crippen LogP contribution in [0.25, 0.3) is 0 Å². The first-order chi connectivity index (χ1) is 14.2. The minimum Gasteiger partial charge on any atom is -0.487 e. The highest BCUT2D eigenvalue weighted by molar-refractivity contribution is 6.30. The van der Waals surface area contributed by atoms with Crippen molar-refractivity contribution in [2.24, 2.45) is 0 Å². The smallest absolute Gasteiger partial charge is 0.431 e. The predicted octanol–water partition coefficient (Wildman–Crippen LogP) is 3.92. The van der Waals surface area contributed by atoms with Crippen molar-refractivity contribution in [2.75, 3.05) is 18.3 Å². The minimum atomic E-state index is -4.77. The lowest BCUT2D eigenvalue weighted by Crippen LogP contribution is -2.61. The van der Waals surface area contributed by atoms with Crippen molar-refractivity contribution in [1.29, 1.82) is 0 Å². The summed E-state index contributed by atoms with van der Waals surface area (Å²) in [6.07, 6.45) is -3.58. The monoisotopic (exact) mass is 467 g/mol. The fourth-order valence-electron chi connectivity index (χ4n) is 2.74. The molecule has 0 bridgehead atoms. The van der Waals surface area contributed by atoms with Crippen LogP contribution in [0.2, 0.25) is 5.02 Å². The first-order valence-electron chi connectivity index (χ1n) is 9.65. The average Bonchev–Trinajstić information content (AvgIpc) is 2.62. The number of hydrogen-bond acceptors (Lipinski definition) is 5. The van der Waals surface area contributed by atoms with E-state index in [0.717, 1.165) is 22.8 Å². The lowest BCUT2D eigenvalue weighted by Gasteiger charge is -2.41. The van der Waals surface area contributed by atoms with E-state index in [9.17, 15) is 27.6 Å². The number of carbonyl (C=O) groups is 2. The molecular weight excluding hydrogens is 443 g/mol. The lowest BCUT2D eigenvalue weighted by molar-refractivity contribution is -0.173. The van der Waals surface area contributed by atoms with Crippen LogP contribution in [0.5, 0.6) is 5.75 Å². The Morgan fingerprint density at radius 2 is 1.87 bits per heavy atom. The van der Waals surface area contributed by atoms with Gasteiger partial charge in [0.1, 0.15) is 23.3 Å². The summed E-state index contributed by atoms with van der Waals surface area (Å²) in [7, 11) is 0. The van der Waals surface area contributed by atoms with Crippen molar-refractivity contribution in [3.8, 4) is 5.75 Å². The van der Waals surface area contributed by atoms with Gasteiger partial charge in [-0.1, -0.05) is 24.9 Å². The summed E-state index contributed by atoms with van der Waals surface area (Å²) < 4.78 is 51.9. The molecule has 0 N–H and O–H groups in total. The van der Waals surface area contributed by atoms with Gasteiger partial charge in [0.2, 0.25) is 5.43 Å². The van der Waals surface area contributed by atoms with Gasteiger partial charge in [-0.15, -0.1) is 0 Å². The number of ether oxygens (including phenoxy) is 2.